The molecule has 0 aromatic heterocycles. The summed E-state index contributed by atoms with van der Waals surface area (Å²) in [7, 11) is -3.91. The van der Waals surface area contributed by atoms with Crippen molar-refractivity contribution in [2.75, 3.05) is 0 Å². The number of nitrogens with two attached hydrogens (primary N) is 1. The van der Waals surface area contributed by atoms with E-state index >= 15 is 0 Å². The highest BCUT2D eigenvalue weighted by Gasteiger charge is 2.18. The predicted octanol–water partition coefficient (Wildman–Crippen LogP) is 2.48. The Labute approximate surface area is 211 Å². The van der Waals surface area contributed by atoms with Gasteiger partial charge in [-0.25, -0.2) is 18.4 Å². The van der Waals surface area contributed by atoms with Crippen LogP contribution in [-0.2, 0) is 21.4 Å². The highest BCUT2D eigenvalue weighted by Crippen LogP contribution is 2.19. The van der Waals surface area contributed by atoms with Crippen LogP contribution in [0.25, 0.3) is 6.08 Å². The molecule has 3 aromatic carbocycles. The van der Waals surface area contributed by atoms with Crippen molar-refractivity contribution in [2.24, 2.45) is 5.14 Å². The Kier molecular flexibility index (Phi) is 8.10. The molecule has 186 valence electrons. The summed E-state index contributed by atoms with van der Waals surface area (Å²) in [6.45, 7) is 0.151. The molecule has 2 amide bonds. The van der Waals surface area contributed by atoms with E-state index in [-0.39, 0.29) is 33.3 Å². The van der Waals surface area contributed by atoms with E-state index in [0.29, 0.717) is 11.1 Å². The van der Waals surface area contributed by atoms with Crippen LogP contribution in [0.5, 0.6) is 5.75 Å². The maximum absolute atomic E-state index is 12.7. The second-order valence-corrected chi connectivity index (χ2v) is 9.45. The van der Waals surface area contributed by atoms with Crippen LogP contribution in [0.4, 0.5) is 0 Å². The zero-order valence-electron chi connectivity index (χ0n) is 18.4. The number of hydrogen-bond donors (Lipinski definition) is 5. The number of aliphatic carboxylic acids is 1. The maximum Gasteiger partial charge on any atom is 0.352 e. The van der Waals surface area contributed by atoms with Gasteiger partial charge in [0.25, 0.3) is 11.8 Å². The third-order valence-electron chi connectivity index (χ3n) is 4.84. The SMILES string of the molecule is NS(=O)(=O)c1ccc(/C=C(\NC(=O)c2ccc(C(=O)NCc3cccc(O)c3)cc2Cl)C(=O)O)cc1. The van der Waals surface area contributed by atoms with E-state index in [9.17, 15) is 33.0 Å². The lowest BCUT2D eigenvalue weighted by atomic mass is 10.1. The van der Waals surface area contributed by atoms with Crippen LogP contribution in [0.15, 0.2) is 77.3 Å². The summed E-state index contributed by atoms with van der Waals surface area (Å²) in [5.74, 6) is -2.68. The molecule has 6 N–H and O–H groups in total. The summed E-state index contributed by atoms with van der Waals surface area (Å²) in [5.41, 5.74) is 0.577. The summed E-state index contributed by atoms with van der Waals surface area (Å²) in [4.78, 5) is 36.6. The van der Waals surface area contributed by atoms with Crippen LogP contribution in [0.2, 0.25) is 5.02 Å². The van der Waals surface area contributed by atoms with Gasteiger partial charge >= 0.3 is 5.97 Å². The summed E-state index contributed by atoms with van der Waals surface area (Å²) in [5, 5.41) is 28.8. The number of halogens is 1. The molecule has 0 saturated carbocycles. The minimum absolute atomic E-state index is 0.0652. The summed E-state index contributed by atoms with van der Waals surface area (Å²) >= 11 is 6.18. The number of benzene rings is 3. The highest BCUT2D eigenvalue weighted by atomic mass is 35.5. The van der Waals surface area contributed by atoms with E-state index in [0.717, 1.165) is 6.08 Å². The van der Waals surface area contributed by atoms with Gasteiger partial charge in [0.15, 0.2) is 0 Å². The topological polar surface area (TPSA) is 176 Å². The van der Waals surface area contributed by atoms with E-state index in [2.05, 4.69) is 10.6 Å². The summed E-state index contributed by atoms with van der Waals surface area (Å²) in [6.07, 6.45) is 1.13. The van der Waals surface area contributed by atoms with Gasteiger partial charge in [-0.15, -0.1) is 0 Å². The molecule has 0 aliphatic rings. The van der Waals surface area contributed by atoms with Crippen LogP contribution >= 0.6 is 11.6 Å². The first-order valence-corrected chi connectivity index (χ1v) is 12.1. The van der Waals surface area contributed by atoms with Gasteiger partial charge in [-0.05, 0) is 59.7 Å². The maximum atomic E-state index is 12.7. The number of amides is 2. The molecule has 0 aliphatic carbocycles. The predicted molar refractivity (Wildman–Crippen MR) is 132 cm³/mol. The Morgan fingerprint density at radius 1 is 0.972 bits per heavy atom. The van der Waals surface area contributed by atoms with Crippen molar-refractivity contribution in [2.45, 2.75) is 11.4 Å². The van der Waals surface area contributed by atoms with Gasteiger partial charge in [-0.3, -0.25) is 9.59 Å². The number of sulfonamides is 1. The zero-order valence-corrected chi connectivity index (χ0v) is 20.0. The number of phenols is 1. The lowest BCUT2D eigenvalue weighted by Gasteiger charge is -2.10. The van der Waals surface area contributed by atoms with Crippen LogP contribution in [-0.4, -0.2) is 36.4 Å². The third kappa shape index (κ3) is 6.92. The Balaban J connectivity index is 1.72. The quantitative estimate of drug-likeness (QED) is 0.278. The number of phenolic OH excluding ortho intramolecular Hbond substituents is 1. The number of hydrogen-bond acceptors (Lipinski definition) is 6. The summed E-state index contributed by atoms with van der Waals surface area (Å²) in [6, 6.07) is 15.3. The molecule has 3 rings (SSSR count). The molecule has 0 atom stereocenters. The molecule has 0 saturated heterocycles. The molecule has 0 fully saturated rings. The Morgan fingerprint density at radius 2 is 1.67 bits per heavy atom. The highest BCUT2D eigenvalue weighted by molar-refractivity contribution is 7.89. The molecule has 0 unspecified atom stereocenters. The van der Waals surface area contributed by atoms with Crippen LogP contribution < -0.4 is 15.8 Å². The number of nitrogens with one attached hydrogen (secondary N) is 2. The standard InChI is InChI=1S/C24H20ClN3O7S/c25-20-12-16(22(30)27-13-15-2-1-3-17(29)10-15)6-9-19(20)23(31)28-21(24(32)33)11-14-4-7-18(8-5-14)36(26,34)35/h1-12,29H,13H2,(H,27,30)(H,28,31)(H,32,33)(H2,26,34,35)/b21-11-. The van der Waals surface area contributed by atoms with Crippen molar-refractivity contribution in [3.63, 3.8) is 0 Å². The average molecular weight is 530 g/mol. The monoisotopic (exact) mass is 529 g/mol. The van der Waals surface area contributed by atoms with Gasteiger partial charge in [0.05, 0.1) is 15.5 Å². The normalized spacial score (nSPS) is 11.6. The van der Waals surface area contributed by atoms with Gasteiger partial charge in [-0.2, -0.15) is 0 Å². The number of carbonyl (C=O) groups excluding carboxylic acids is 2. The van der Waals surface area contributed by atoms with Crippen LogP contribution in [0.3, 0.4) is 0 Å². The molecule has 10 nitrogen and oxygen atoms in total. The van der Waals surface area contributed by atoms with Crippen molar-refractivity contribution >= 4 is 45.5 Å². The van der Waals surface area contributed by atoms with Crippen molar-refractivity contribution < 1.29 is 33.0 Å². The van der Waals surface area contributed by atoms with E-state index in [1.54, 1.807) is 12.1 Å². The Hall–Kier alpha value is -4.19. The zero-order chi connectivity index (χ0) is 26.5. The van der Waals surface area contributed by atoms with Crippen LogP contribution in [0, 0.1) is 0 Å². The van der Waals surface area contributed by atoms with E-state index < -0.39 is 33.5 Å². The first kappa shape index (κ1) is 26.4. The van der Waals surface area contributed by atoms with Crippen molar-refractivity contribution in [1.82, 2.24) is 10.6 Å². The molecule has 0 aliphatic heterocycles. The first-order chi connectivity index (χ1) is 16.9. The minimum atomic E-state index is -3.91. The number of rotatable bonds is 8. The van der Waals surface area contributed by atoms with Gasteiger partial charge in [0, 0.05) is 12.1 Å². The van der Waals surface area contributed by atoms with E-state index in [1.807, 2.05) is 0 Å². The number of carbonyl (C=O) groups is 3. The van der Waals surface area contributed by atoms with Crippen molar-refractivity contribution in [3.05, 3.63) is 99.7 Å². The first-order valence-electron chi connectivity index (χ1n) is 10.2. The fourth-order valence-electron chi connectivity index (χ4n) is 3.05. The molecule has 12 heteroatoms. The van der Waals surface area contributed by atoms with Gasteiger partial charge < -0.3 is 20.8 Å². The minimum Gasteiger partial charge on any atom is -0.508 e. The average Bonchev–Trinajstić information content (AvgIpc) is 2.81. The number of carboxylic acid groups (broad SMARTS) is 1. The Morgan fingerprint density at radius 3 is 2.25 bits per heavy atom. The number of carboxylic acids is 1. The second kappa shape index (κ2) is 11.0. The van der Waals surface area contributed by atoms with E-state index in [1.165, 1.54) is 54.6 Å². The smallest absolute Gasteiger partial charge is 0.352 e. The fraction of sp³-hybridized carbons (Fsp3) is 0.0417. The van der Waals surface area contributed by atoms with Gasteiger partial charge in [0.1, 0.15) is 11.4 Å². The lowest BCUT2D eigenvalue weighted by molar-refractivity contribution is -0.132. The molecule has 3 aromatic rings. The number of primary sulfonamides is 1. The molecule has 0 heterocycles. The third-order valence-corrected chi connectivity index (χ3v) is 6.08. The number of aromatic hydroxyl groups is 1. The fourth-order valence-corrected chi connectivity index (χ4v) is 3.83. The van der Waals surface area contributed by atoms with Crippen molar-refractivity contribution in [3.8, 4) is 5.75 Å². The molecule has 0 bridgehead atoms. The van der Waals surface area contributed by atoms with Gasteiger partial charge in [-0.1, -0.05) is 35.9 Å². The second-order valence-electron chi connectivity index (χ2n) is 7.48. The van der Waals surface area contributed by atoms with Crippen LogP contribution in [0.1, 0.15) is 31.8 Å². The molecule has 36 heavy (non-hydrogen) atoms. The summed E-state index contributed by atoms with van der Waals surface area (Å²) < 4.78 is 22.7. The largest absolute Gasteiger partial charge is 0.508 e. The molecular weight excluding hydrogens is 510 g/mol. The molecular formula is C24H20ClN3O7S. The lowest BCUT2D eigenvalue weighted by Crippen LogP contribution is -2.28. The molecule has 0 spiro atoms. The Bertz CT molecular complexity index is 1470. The van der Waals surface area contributed by atoms with E-state index in [4.69, 9.17) is 16.7 Å². The van der Waals surface area contributed by atoms with Crippen molar-refractivity contribution in [1.29, 1.82) is 0 Å². The van der Waals surface area contributed by atoms with Gasteiger partial charge in [0.2, 0.25) is 10.0 Å². The molecule has 0 radical (unpaired) electrons.